The minimum absolute atomic E-state index is 0.0360. The molecule has 1 unspecified atom stereocenters. The van der Waals surface area contributed by atoms with Gasteiger partial charge in [0.15, 0.2) is 5.82 Å². The van der Waals surface area contributed by atoms with Gasteiger partial charge in [-0.15, -0.1) is 0 Å². The van der Waals surface area contributed by atoms with Crippen LogP contribution < -0.4 is 16.4 Å². The maximum Gasteiger partial charge on any atom is 0.250 e. The van der Waals surface area contributed by atoms with Crippen LogP contribution in [0.2, 0.25) is 0 Å². The van der Waals surface area contributed by atoms with Crippen LogP contribution in [0.3, 0.4) is 0 Å². The summed E-state index contributed by atoms with van der Waals surface area (Å²) < 4.78 is 0. The molecule has 1 aliphatic heterocycles. The molecular formula is C19H23N5O. The molecule has 0 bridgehead atoms. The zero-order valence-corrected chi connectivity index (χ0v) is 14.4. The Hall–Kier alpha value is -2.89. The van der Waals surface area contributed by atoms with E-state index in [-0.39, 0.29) is 23.7 Å². The average molecular weight is 337 g/mol. The van der Waals surface area contributed by atoms with Gasteiger partial charge in [-0.25, -0.2) is 4.98 Å². The largest absolute Gasteiger partial charge is 0.382 e. The second kappa shape index (κ2) is 6.93. The molecule has 1 aromatic heterocycles. The van der Waals surface area contributed by atoms with Crippen molar-refractivity contribution in [3.8, 4) is 0 Å². The predicted octanol–water partition coefficient (Wildman–Crippen LogP) is 2.42. The number of aryl methyl sites for hydroxylation is 3. The second-order valence-corrected chi connectivity index (χ2v) is 6.39. The molecule has 0 aliphatic carbocycles. The molecule has 0 saturated heterocycles. The van der Waals surface area contributed by atoms with Crippen molar-refractivity contribution in [2.45, 2.75) is 38.6 Å². The predicted molar refractivity (Wildman–Crippen MR) is 100 cm³/mol. The zero-order valence-electron chi connectivity index (χ0n) is 14.4. The number of amides is 1. The van der Waals surface area contributed by atoms with E-state index in [0.29, 0.717) is 5.69 Å². The van der Waals surface area contributed by atoms with Gasteiger partial charge in [0.1, 0.15) is 5.69 Å². The molecule has 1 aliphatic rings. The molecule has 2 heterocycles. The third-order valence-corrected chi connectivity index (χ3v) is 4.62. The lowest BCUT2D eigenvalue weighted by Crippen LogP contribution is -2.44. The lowest BCUT2D eigenvalue weighted by atomic mass is 9.94. The fourth-order valence-electron chi connectivity index (χ4n) is 3.34. The summed E-state index contributed by atoms with van der Waals surface area (Å²) >= 11 is 0. The van der Waals surface area contributed by atoms with Gasteiger partial charge in [0.25, 0.3) is 5.91 Å². The summed E-state index contributed by atoms with van der Waals surface area (Å²) in [6, 6.07) is 8.50. The second-order valence-electron chi connectivity index (χ2n) is 6.39. The molecule has 6 nitrogen and oxygen atoms in total. The first-order chi connectivity index (χ1) is 12.0. The van der Waals surface area contributed by atoms with Gasteiger partial charge in [-0.05, 0) is 44.2 Å². The summed E-state index contributed by atoms with van der Waals surface area (Å²) in [5.74, 6) is 0.202. The molecular weight excluding hydrogens is 314 g/mol. The molecule has 6 heteroatoms. The molecule has 1 amide bonds. The number of benzene rings is 1. The SMILES string of the molecule is C=CC(=O)N1c2c(N)nc(N)nc2CCC1CCc1ccc(C)cc1. The van der Waals surface area contributed by atoms with Crippen molar-refractivity contribution in [3.63, 3.8) is 0 Å². The molecule has 3 rings (SSSR count). The topological polar surface area (TPSA) is 98.1 Å². The summed E-state index contributed by atoms with van der Waals surface area (Å²) in [4.78, 5) is 22.5. The van der Waals surface area contributed by atoms with Crippen molar-refractivity contribution in [2.75, 3.05) is 16.4 Å². The van der Waals surface area contributed by atoms with Crippen molar-refractivity contribution in [1.29, 1.82) is 0 Å². The van der Waals surface area contributed by atoms with Crippen LogP contribution in [0, 0.1) is 6.92 Å². The highest BCUT2D eigenvalue weighted by Crippen LogP contribution is 2.35. The number of hydrogen-bond donors (Lipinski definition) is 2. The molecule has 4 N–H and O–H groups in total. The van der Waals surface area contributed by atoms with E-state index >= 15 is 0 Å². The highest BCUT2D eigenvalue weighted by Gasteiger charge is 2.33. The van der Waals surface area contributed by atoms with Gasteiger partial charge in [-0.1, -0.05) is 36.4 Å². The van der Waals surface area contributed by atoms with Gasteiger partial charge >= 0.3 is 0 Å². The van der Waals surface area contributed by atoms with Gasteiger partial charge in [0.2, 0.25) is 5.95 Å². The minimum Gasteiger partial charge on any atom is -0.382 e. The van der Waals surface area contributed by atoms with Crippen LogP contribution in [0.1, 0.15) is 29.7 Å². The van der Waals surface area contributed by atoms with Gasteiger partial charge < -0.3 is 16.4 Å². The van der Waals surface area contributed by atoms with Crippen LogP contribution in [0.5, 0.6) is 0 Å². The summed E-state index contributed by atoms with van der Waals surface area (Å²) in [6.07, 6.45) is 4.58. The number of rotatable bonds is 4. The number of carbonyl (C=O) groups excluding carboxylic acids is 1. The number of carbonyl (C=O) groups is 1. The highest BCUT2D eigenvalue weighted by molar-refractivity contribution is 6.04. The Morgan fingerprint density at radius 1 is 1.32 bits per heavy atom. The molecule has 0 fully saturated rings. The lowest BCUT2D eigenvalue weighted by molar-refractivity contribution is -0.114. The Kier molecular flexibility index (Phi) is 4.70. The van der Waals surface area contributed by atoms with Crippen LogP contribution in [-0.4, -0.2) is 21.9 Å². The Morgan fingerprint density at radius 2 is 2.04 bits per heavy atom. The summed E-state index contributed by atoms with van der Waals surface area (Å²) in [6.45, 7) is 5.69. The molecule has 25 heavy (non-hydrogen) atoms. The number of nitrogens with two attached hydrogens (primary N) is 2. The number of fused-ring (bicyclic) bond motifs is 1. The number of hydrogen-bond acceptors (Lipinski definition) is 5. The Balaban J connectivity index is 1.87. The van der Waals surface area contributed by atoms with Crippen LogP contribution in [0.25, 0.3) is 0 Å². The Morgan fingerprint density at radius 3 is 2.72 bits per heavy atom. The molecule has 130 valence electrons. The van der Waals surface area contributed by atoms with Crippen LogP contribution in [-0.2, 0) is 17.6 Å². The quantitative estimate of drug-likeness (QED) is 0.835. The van der Waals surface area contributed by atoms with E-state index in [1.165, 1.54) is 17.2 Å². The number of anilines is 3. The fourth-order valence-corrected chi connectivity index (χ4v) is 3.34. The van der Waals surface area contributed by atoms with Crippen molar-refractivity contribution >= 4 is 23.4 Å². The standard InChI is InChI=1S/C19H23N5O/c1-3-16(25)24-14(9-8-13-6-4-12(2)5-7-13)10-11-15-17(24)18(20)23-19(21)22-15/h3-7,14H,1,8-11H2,2H3,(H4,20,21,22,23). The van der Waals surface area contributed by atoms with E-state index in [1.807, 2.05) is 0 Å². The number of aromatic nitrogens is 2. The third kappa shape index (κ3) is 3.47. The van der Waals surface area contributed by atoms with Crippen molar-refractivity contribution < 1.29 is 4.79 Å². The summed E-state index contributed by atoms with van der Waals surface area (Å²) in [5.41, 5.74) is 15.5. The van der Waals surface area contributed by atoms with Gasteiger partial charge in [0.05, 0.1) is 5.69 Å². The Labute approximate surface area is 147 Å². The maximum absolute atomic E-state index is 12.5. The number of nitrogen functional groups attached to an aromatic ring is 2. The third-order valence-electron chi connectivity index (χ3n) is 4.62. The van der Waals surface area contributed by atoms with Gasteiger partial charge in [0, 0.05) is 6.04 Å². The Bertz CT molecular complexity index is 800. The van der Waals surface area contributed by atoms with Gasteiger partial charge in [-0.2, -0.15) is 4.98 Å². The van der Waals surface area contributed by atoms with E-state index in [2.05, 4.69) is 47.7 Å². The van der Waals surface area contributed by atoms with E-state index in [4.69, 9.17) is 11.5 Å². The monoisotopic (exact) mass is 337 g/mol. The fraction of sp³-hybridized carbons (Fsp3) is 0.316. The first-order valence-electron chi connectivity index (χ1n) is 8.42. The normalized spacial score (nSPS) is 16.4. The molecule has 0 saturated carbocycles. The zero-order chi connectivity index (χ0) is 18.0. The van der Waals surface area contributed by atoms with E-state index in [9.17, 15) is 4.79 Å². The molecule has 1 atom stereocenters. The van der Waals surface area contributed by atoms with Crippen LogP contribution >= 0.6 is 0 Å². The van der Waals surface area contributed by atoms with Crippen molar-refractivity contribution in [1.82, 2.24) is 9.97 Å². The van der Waals surface area contributed by atoms with Crippen molar-refractivity contribution in [2.24, 2.45) is 0 Å². The summed E-state index contributed by atoms with van der Waals surface area (Å²) in [7, 11) is 0. The van der Waals surface area contributed by atoms with Crippen LogP contribution in [0.15, 0.2) is 36.9 Å². The lowest BCUT2D eigenvalue weighted by Gasteiger charge is -2.36. The number of nitrogens with zero attached hydrogens (tertiary/aromatic N) is 3. The van der Waals surface area contributed by atoms with E-state index in [0.717, 1.165) is 31.4 Å². The van der Waals surface area contributed by atoms with Gasteiger partial charge in [-0.3, -0.25) is 4.79 Å². The molecule has 2 aromatic rings. The highest BCUT2D eigenvalue weighted by atomic mass is 16.2. The first kappa shape index (κ1) is 17.0. The average Bonchev–Trinajstić information content (AvgIpc) is 2.60. The van der Waals surface area contributed by atoms with Crippen molar-refractivity contribution in [3.05, 3.63) is 53.7 Å². The maximum atomic E-state index is 12.5. The van der Waals surface area contributed by atoms with E-state index < -0.39 is 0 Å². The van der Waals surface area contributed by atoms with E-state index in [1.54, 1.807) is 4.90 Å². The molecule has 0 spiro atoms. The summed E-state index contributed by atoms with van der Waals surface area (Å²) in [5, 5.41) is 0. The van der Waals surface area contributed by atoms with Crippen LogP contribution in [0.4, 0.5) is 17.5 Å². The first-order valence-corrected chi connectivity index (χ1v) is 8.42. The smallest absolute Gasteiger partial charge is 0.250 e. The molecule has 1 aromatic carbocycles. The molecule has 0 radical (unpaired) electrons. The minimum atomic E-state index is -0.185.